The highest BCUT2D eigenvalue weighted by molar-refractivity contribution is 14.1. The highest BCUT2D eigenvalue weighted by Crippen LogP contribution is 2.26. The zero-order chi connectivity index (χ0) is 12.1. The Balaban J connectivity index is 2.39. The van der Waals surface area contributed by atoms with Crippen molar-refractivity contribution in [2.45, 2.75) is 6.04 Å². The fourth-order valence-electron chi connectivity index (χ4n) is 1.90. The number of hydrogen-bond acceptors (Lipinski definition) is 2. The van der Waals surface area contributed by atoms with E-state index in [-0.39, 0.29) is 6.04 Å². The van der Waals surface area contributed by atoms with Crippen molar-refractivity contribution in [2.24, 2.45) is 0 Å². The van der Waals surface area contributed by atoms with Crippen LogP contribution in [0, 0.1) is 0 Å². The zero-order valence-corrected chi connectivity index (χ0v) is 11.6. The molecule has 2 aromatic carbocycles. The van der Waals surface area contributed by atoms with Crippen molar-refractivity contribution in [3.8, 4) is 0 Å². The van der Waals surface area contributed by atoms with Gasteiger partial charge in [-0.15, -0.1) is 0 Å². The number of halogens is 1. The van der Waals surface area contributed by atoms with Gasteiger partial charge in [-0.3, -0.25) is 5.32 Å². The van der Waals surface area contributed by atoms with Crippen LogP contribution in [0.5, 0.6) is 0 Å². The summed E-state index contributed by atoms with van der Waals surface area (Å²) in [6, 6.07) is 18.5. The summed E-state index contributed by atoms with van der Waals surface area (Å²) in [5.41, 5.74) is 9.25. The van der Waals surface area contributed by atoms with Crippen molar-refractivity contribution in [1.29, 1.82) is 0 Å². The Kier molecular flexibility index (Phi) is 4.39. The quantitative estimate of drug-likeness (QED) is 0.388. The van der Waals surface area contributed by atoms with E-state index in [1.165, 1.54) is 5.56 Å². The highest BCUT2D eigenvalue weighted by Gasteiger charge is 2.14. The van der Waals surface area contributed by atoms with E-state index >= 15 is 0 Å². The number of benzene rings is 2. The standard InChI is InChI=1S/C14H15IN2/c15-10-17-14(11-6-2-1-3-7-11)12-8-4-5-9-13(12)16/h1-9,14,17H,10,16H2. The van der Waals surface area contributed by atoms with Gasteiger partial charge in [0.2, 0.25) is 0 Å². The van der Waals surface area contributed by atoms with Crippen molar-refractivity contribution >= 4 is 28.3 Å². The van der Waals surface area contributed by atoms with Crippen LogP contribution in [0.4, 0.5) is 5.69 Å². The second-order valence-corrected chi connectivity index (χ2v) is 4.57. The Morgan fingerprint density at radius 2 is 1.65 bits per heavy atom. The van der Waals surface area contributed by atoms with Gasteiger partial charge in [0.25, 0.3) is 0 Å². The largest absolute Gasteiger partial charge is 0.398 e. The highest BCUT2D eigenvalue weighted by atomic mass is 127. The number of nitrogens with one attached hydrogen (secondary N) is 1. The Morgan fingerprint density at radius 3 is 2.29 bits per heavy atom. The molecular formula is C14H15IN2. The van der Waals surface area contributed by atoms with Gasteiger partial charge in [-0.2, -0.15) is 0 Å². The molecule has 2 aromatic rings. The third-order valence-corrected chi connectivity index (χ3v) is 3.16. The van der Waals surface area contributed by atoms with Crippen molar-refractivity contribution < 1.29 is 0 Å². The lowest BCUT2D eigenvalue weighted by Crippen LogP contribution is -2.21. The fraction of sp³-hybridized carbons (Fsp3) is 0.143. The molecule has 0 aliphatic heterocycles. The number of nitrogen functional groups attached to an aromatic ring is 1. The predicted octanol–water partition coefficient (Wildman–Crippen LogP) is 3.34. The molecule has 2 nitrogen and oxygen atoms in total. The predicted molar refractivity (Wildman–Crippen MR) is 81.2 cm³/mol. The maximum Gasteiger partial charge on any atom is 0.0603 e. The summed E-state index contributed by atoms with van der Waals surface area (Å²) in [4.78, 5) is 0. The van der Waals surface area contributed by atoms with E-state index in [1.54, 1.807) is 0 Å². The molecule has 0 heterocycles. The first-order chi connectivity index (χ1) is 8.33. The molecule has 3 heteroatoms. The molecule has 0 aliphatic rings. The summed E-state index contributed by atoms with van der Waals surface area (Å²) in [5, 5.41) is 3.46. The van der Waals surface area contributed by atoms with Crippen LogP contribution in [0.1, 0.15) is 17.2 Å². The molecular weight excluding hydrogens is 323 g/mol. The molecule has 0 aromatic heterocycles. The van der Waals surface area contributed by atoms with Crippen LogP contribution in [0.15, 0.2) is 54.6 Å². The van der Waals surface area contributed by atoms with E-state index in [0.717, 1.165) is 15.8 Å². The maximum absolute atomic E-state index is 6.05. The van der Waals surface area contributed by atoms with Crippen LogP contribution in [-0.4, -0.2) is 4.55 Å². The van der Waals surface area contributed by atoms with Gasteiger partial charge in [0.15, 0.2) is 0 Å². The monoisotopic (exact) mass is 338 g/mol. The summed E-state index contributed by atoms with van der Waals surface area (Å²) in [6.07, 6.45) is 0. The van der Waals surface area contributed by atoms with E-state index in [4.69, 9.17) is 5.73 Å². The summed E-state index contributed by atoms with van der Waals surface area (Å²) in [6.45, 7) is 0. The van der Waals surface area contributed by atoms with Gasteiger partial charge in [-0.05, 0) is 17.2 Å². The van der Waals surface area contributed by atoms with Gasteiger partial charge in [0, 0.05) is 10.2 Å². The number of hydrogen-bond donors (Lipinski definition) is 2. The zero-order valence-electron chi connectivity index (χ0n) is 9.44. The number of nitrogens with two attached hydrogens (primary N) is 1. The third kappa shape index (κ3) is 2.98. The van der Waals surface area contributed by atoms with E-state index < -0.39 is 0 Å². The van der Waals surface area contributed by atoms with Crippen molar-refractivity contribution in [3.63, 3.8) is 0 Å². The number of para-hydroxylation sites is 1. The molecule has 0 radical (unpaired) electrons. The molecule has 88 valence electrons. The van der Waals surface area contributed by atoms with Crippen LogP contribution in [0.2, 0.25) is 0 Å². The number of anilines is 1. The van der Waals surface area contributed by atoms with Crippen LogP contribution in [0.25, 0.3) is 0 Å². The van der Waals surface area contributed by atoms with E-state index in [1.807, 2.05) is 24.3 Å². The summed E-state index contributed by atoms with van der Waals surface area (Å²) >= 11 is 2.32. The van der Waals surface area contributed by atoms with Crippen molar-refractivity contribution in [3.05, 3.63) is 65.7 Å². The molecule has 0 spiro atoms. The van der Waals surface area contributed by atoms with Crippen molar-refractivity contribution in [2.75, 3.05) is 10.3 Å². The average molecular weight is 338 g/mol. The molecule has 0 amide bonds. The third-order valence-electron chi connectivity index (χ3n) is 2.72. The maximum atomic E-state index is 6.05. The molecule has 17 heavy (non-hydrogen) atoms. The molecule has 1 unspecified atom stereocenters. The Labute approximate surface area is 115 Å². The van der Waals surface area contributed by atoms with Crippen LogP contribution in [-0.2, 0) is 0 Å². The lowest BCUT2D eigenvalue weighted by molar-refractivity contribution is 0.687. The molecule has 0 saturated heterocycles. The second-order valence-electron chi connectivity index (χ2n) is 3.81. The minimum Gasteiger partial charge on any atom is -0.398 e. The average Bonchev–Trinajstić information content (AvgIpc) is 2.38. The van der Waals surface area contributed by atoms with Gasteiger partial charge in [-0.25, -0.2) is 0 Å². The van der Waals surface area contributed by atoms with Gasteiger partial charge < -0.3 is 5.73 Å². The van der Waals surface area contributed by atoms with Crippen LogP contribution < -0.4 is 11.1 Å². The van der Waals surface area contributed by atoms with Gasteiger partial charge in [-0.1, -0.05) is 71.1 Å². The number of alkyl halides is 1. The normalized spacial score (nSPS) is 12.3. The topological polar surface area (TPSA) is 38.0 Å². The Morgan fingerprint density at radius 1 is 1.00 bits per heavy atom. The smallest absolute Gasteiger partial charge is 0.0603 e. The Bertz CT molecular complexity index is 471. The second kappa shape index (κ2) is 6.02. The molecule has 0 aliphatic carbocycles. The number of rotatable bonds is 4. The van der Waals surface area contributed by atoms with E-state index in [2.05, 4.69) is 58.2 Å². The molecule has 3 N–H and O–H groups in total. The fourth-order valence-corrected chi connectivity index (χ4v) is 2.34. The van der Waals surface area contributed by atoms with Crippen molar-refractivity contribution in [1.82, 2.24) is 5.32 Å². The van der Waals surface area contributed by atoms with Crippen LogP contribution >= 0.6 is 22.6 Å². The molecule has 0 saturated carbocycles. The van der Waals surface area contributed by atoms with E-state index in [9.17, 15) is 0 Å². The summed E-state index contributed by atoms with van der Waals surface area (Å²) < 4.78 is 0.881. The van der Waals surface area contributed by atoms with Gasteiger partial charge in [0.1, 0.15) is 0 Å². The van der Waals surface area contributed by atoms with Crippen LogP contribution in [0.3, 0.4) is 0 Å². The summed E-state index contributed by atoms with van der Waals surface area (Å²) in [5.74, 6) is 0. The SMILES string of the molecule is Nc1ccccc1C(NCI)c1ccccc1. The first-order valence-electron chi connectivity index (χ1n) is 5.51. The van der Waals surface area contributed by atoms with E-state index in [0.29, 0.717) is 0 Å². The lowest BCUT2D eigenvalue weighted by Gasteiger charge is -2.20. The molecule has 0 bridgehead atoms. The minimum atomic E-state index is 0.161. The molecule has 1 atom stereocenters. The first kappa shape index (κ1) is 12.4. The first-order valence-corrected chi connectivity index (χ1v) is 7.04. The summed E-state index contributed by atoms with van der Waals surface area (Å²) in [7, 11) is 0. The molecule has 0 fully saturated rings. The molecule has 2 rings (SSSR count). The Hall–Kier alpha value is -1.07. The lowest BCUT2D eigenvalue weighted by atomic mass is 9.97. The van der Waals surface area contributed by atoms with Gasteiger partial charge >= 0.3 is 0 Å². The van der Waals surface area contributed by atoms with Gasteiger partial charge in [0.05, 0.1) is 6.04 Å². The minimum absolute atomic E-state index is 0.161.